The number of hydrogen-bond donors (Lipinski definition) is 1. The first-order valence-electron chi connectivity index (χ1n) is 9.27. The Balaban J connectivity index is 1.46. The van der Waals surface area contributed by atoms with Crippen LogP contribution in [-0.4, -0.2) is 47.0 Å². The normalized spacial score (nSPS) is 15.9. The lowest BCUT2D eigenvalue weighted by Gasteiger charge is -2.29. The molecule has 1 aliphatic heterocycles. The minimum atomic E-state index is -3.80. The van der Waals surface area contributed by atoms with Crippen LogP contribution >= 0.6 is 0 Å². The highest BCUT2D eigenvalue weighted by Gasteiger charge is 2.32. The fourth-order valence-electron chi connectivity index (χ4n) is 3.40. The first-order valence-corrected chi connectivity index (χ1v) is 10.7. The van der Waals surface area contributed by atoms with Gasteiger partial charge in [-0.1, -0.05) is 11.2 Å². The molecule has 10 heteroatoms. The van der Waals surface area contributed by atoms with Crippen molar-refractivity contribution in [3.63, 3.8) is 0 Å². The van der Waals surface area contributed by atoms with Crippen LogP contribution in [0.1, 0.15) is 35.0 Å². The van der Waals surface area contributed by atoms with Crippen LogP contribution in [-0.2, 0) is 10.0 Å². The van der Waals surface area contributed by atoms with Crippen molar-refractivity contribution in [1.29, 1.82) is 0 Å². The zero-order chi connectivity index (χ0) is 21.3. The fourth-order valence-corrected chi connectivity index (χ4v) is 4.92. The fraction of sp³-hybridized carbons (Fsp3) is 0.250. The number of carboxylic acid groups (broad SMARTS) is 1. The van der Waals surface area contributed by atoms with Crippen LogP contribution in [0.4, 0.5) is 4.39 Å². The van der Waals surface area contributed by atoms with Gasteiger partial charge >= 0.3 is 5.97 Å². The maximum absolute atomic E-state index is 13.1. The van der Waals surface area contributed by atoms with Gasteiger partial charge in [-0.15, -0.1) is 0 Å². The Labute approximate surface area is 172 Å². The number of aromatic carboxylic acids is 1. The summed E-state index contributed by atoms with van der Waals surface area (Å²) in [4.78, 5) is 15.5. The van der Waals surface area contributed by atoms with Gasteiger partial charge in [0, 0.05) is 24.6 Å². The highest BCUT2D eigenvalue weighted by Crippen LogP contribution is 2.31. The molecule has 0 unspecified atom stereocenters. The van der Waals surface area contributed by atoms with E-state index in [1.165, 1.54) is 34.6 Å². The van der Waals surface area contributed by atoms with E-state index in [4.69, 9.17) is 9.63 Å². The van der Waals surface area contributed by atoms with Crippen LogP contribution in [0.3, 0.4) is 0 Å². The maximum atomic E-state index is 13.1. The zero-order valence-corrected chi connectivity index (χ0v) is 16.5. The molecule has 1 fully saturated rings. The third-order valence-corrected chi connectivity index (χ3v) is 6.96. The van der Waals surface area contributed by atoms with Crippen LogP contribution in [0.2, 0.25) is 0 Å². The lowest BCUT2D eigenvalue weighted by Crippen LogP contribution is -2.38. The largest absolute Gasteiger partial charge is 0.478 e. The van der Waals surface area contributed by atoms with E-state index in [0.717, 1.165) is 6.07 Å². The number of sulfonamides is 1. The predicted octanol–water partition coefficient (Wildman–Crippen LogP) is 3.14. The average Bonchev–Trinajstić information content (AvgIpc) is 3.25. The molecule has 1 saturated heterocycles. The van der Waals surface area contributed by atoms with Gasteiger partial charge < -0.3 is 9.63 Å². The first kappa shape index (κ1) is 20.2. The van der Waals surface area contributed by atoms with Gasteiger partial charge in [0.15, 0.2) is 0 Å². The molecule has 0 spiro atoms. The number of nitrogens with zero attached hydrogens (tertiary/aromatic N) is 3. The third kappa shape index (κ3) is 3.96. The second kappa shape index (κ2) is 7.96. The van der Waals surface area contributed by atoms with Crippen molar-refractivity contribution >= 4 is 16.0 Å². The summed E-state index contributed by atoms with van der Waals surface area (Å²) in [6, 6.07) is 11.1. The van der Waals surface area contributed by atoms with E-state index in [0.29, 0.717) is 30.1 Å². The number of benzene rings is 2. The van der Waals surface area contributed by atoms with Gasteiger partial charge in [0.1, 0.15) is 5.82 Å². The number of hydrogen-bond acceptors (Lipinski definition) is 6. The third-order valence-electron chi connectivity index (χ3n) is 5.07. The van der Waals surface area contributed by atoms with Gasteiger partial charge in [0.25, 0.3) is 0 Å². The summed E-state index contributed by atoms with van der Waals surface area (Å²) in [6.45, 7) is 0.497. The first-order chi connectivity index (χ1) is 14.3. The number of carboxylic acids is 1. The monoisotopic (exact) mass is 431 g/mol. The highest BCUT2D eigenvalue weighted by molar-refractivity contribution is 7.89. The Morgan fingerprint density at radius 3 is 2.50 bits per heavy atom. The molecule has 8 nitrogen and oxygen atoms in total. The molecule has 0 aliphatic carbocycles. The summed E-state index contributed by atoms with van der Waals surface area (Å²) in [5, 5.41) is 13.0. The van der Waals surface area contributed by atoms with E-state index in [1.54, 1.807) is 12.1 Å². The minimum absolute atomic E-state index is 0.0442. The van der Waals surface area contributed by atoms with Crippen LogP contribution in [0.5, 0.6) is 0 Å². The Morgan fingerprint density at radius 2 is 1.83 bits per heavy atom. The van der Waals surface area contributed by atoms with Crippen LogP contribution in [0, 0.1) is 5.82 Å². The summed E-state index contributed by atoms with van der Waals surface area (Å²) in [5.74, 6) is -0.864. The quantitative estimate of drug-likeness (QED) is 0.660. The molecule has 2 aromatic carbocycles. The van der Waals surface area contributed by atoms with E-state index < -0.39 is 16.0 Å². The van der Waals surface area contributed by atoms with Gasteiger partial charge in [-0.25, -0.2) is 17.6 Å². The average molecular weight is 431 g/mol. The second-order valence-corrected chi connectivity index (χ2v) is 8.91. The number of halogens is 1. The molecule has 0 amide bonds. The van der Waals surface area contributed by atoms with E-state index >= 15 is 0 Å². The minimum Gasteiger partial charge on any atom is -0.478 e. The van der Waals surface area contributed by atoms with E-state index in [-0.39, 0.29) is 35.3 Å². The van der Waals surface area contributed by atoms with Crippen molar-refractivity contribution in [3.8, 4) is 11.4 Å². The molecule has 1 N–H and O–H groups in total. The molecule has 1 aromatic heterocycles. The van der Waals surface area contributed by atoms with Crippen molar-refractivity contribution in [1.82, 2.24) is 14.4 Å². The maximum Gasteiger partial charge on any atom is 0.335 e. The van der Waals surface area contributed by atoms with Crippen LogP contribution < -0.4 is 0 Å². The summed E-state index contributed by atoms with van der Waals surface area (Å²) < 4.78 is 45.5. The molecule has 1 aliphatic rings. The SMILES string of the molecule is O=C(O)c1cccc(S(=O)(=O)N2CCC(c3nc(-c4ccc(F)cc4)no3)CC2)c1. The van der Waals surface area contributed by atoms with E-state index in [2.05, 4.69) is 10.1 Å². The summed E-state index contributed by atoms with van der Waals surface area (Å²) >= 11 is 0. The molecule has 3 aromatic rings. The Kier molecular flexibility index (Phi) is 5.35. The van der Waals surface area contributed by atoms with Gasteiger partial charge in [0.2, 0.25) is 21.7 Å². The lowest BCUT2D eigenvalue weighted by atomic mass is 9.98. The molecule has 2 heterocycles. The molecule has 30 heavy (non-hydrogen) atoms. The summed E-state index contributed by atoms with van der Waals surface area (Å²) in [7, 11) is -3.80. The standard InChI is InChI=1S/C20H18FN3O5S/c21-16-6-4-13(5-7-16)18-22-19(29-23-18)14-8-10-24(11-9-14)30(27,28)17-3-1-2-15(12-17)20(25)26/h1-7,12,14H,8-11H2,(H,25,26). The molecule has 156 valence electrons. The zero-order valence-electron chi connectivity index (χ0n) is 15.7. The van der Waals surface area contributed by atoms with Gasteiger partial charge in [-0.3, -0.25) is 0 Å². The molecule has 0 saturated carbocycles. The summed E-state index contributed by atoms with van der Waals surface area (Å²) in [5.41, 5.74) is 0.551. The molecule has 4 rings (SSSR count). The molecular weight excluding hydrogens is 413 g/mol. The Morgan fingerprint density at radius 1 is 1.13 bits per heavy atom. The lowest BCUT2D eigenvalue weighted by molar-refractivity contribution is 0.0696. The highest BCUT2D eigenvalue weighted by atomic mass is 32.2. The van der Waals surface area contributed by atoms with Crippen LogP contribution in [0.25, 0.3) is 11.4 Å². The van der Waals surface area contributed by atoms with Crippen molar-refractivity contribution < 1.29 is 27.2 Å². The molecule has 0 radical (unpaired) electrons. The smallest absolute Gasteiger partial charge is 0.335 e. The van der Waals surface area contributed by atoms with Crippen molar-refractivity contribution in [2.45, 2.75) is 23.7 Å². The van der Waals surface area contributed by atoms with Crippen molar-refractivity contribution in [2.75, 3.05) is 13.1 Å². The van der Waals surface area contributed by atoms with Gasteiger partial charge in [-0.05, 0) is 55.3 Å². The number of aromatic nitrogens is 2. The van der Waals surface area contributed by atoms with Gasteiger partial charge in [0.05, 0.1) is 10.5 Å². The second-order valence-electron chi connectivity index (χ2n) is 6.97. The Bertz CT molecular complexity index is 1170. The number of piperidine rings is 1. The molecule has 0 atom stereocenters. The van der Waals surface area contributed by atoms with Gasteiger partial charge in [-0.2, -0.15) is 9.29 Å². The van der Waals surface area contributed by atoms with E-state index in [9.17, 15) is 17.6 Å². The van der Waals surface area contributed by atoms with Crippen LogP contribution in [0.15, 0.2) is 57.9 Å². The summed E-state index contributed by atoms with van der Waals surface area (Å²) in [6.07, 6.45) is 0.978. The number of rotatable bonds is 5. The molecular formula is C20H18FN3O5S. The predicted molar refractivity (Wildman–Crippen MR) is 104 cm³/mol. The van der Waals surface area contributed by atoms with Crippen molar-refractivity contribution in [2.24, 2.45) is 0 Å². The molecule has 0 bridgehead atoms. The van der Waals surface area contributed by atoms with E-state index in [1.807, 2.05) is 0 Å². The number of carbonyl (C=O) groups is 1. The van der Waals surface area contributed by atoms with Crippen molar-refractivity contribution in [3.05, 3.63) is 65.8 Å². The topological polar surface area (TPSA) is 114 Å². The Hall–Kier alpha value is -3.11.